The number of hydrogen-bond donors (Lipinski definition) is 1. The summed E-state index contributed by atoms with van der Waals surface area (Å²) in [6.07, 6.45) is 8.09. The molecule has 1 heterocycles. The van der Waals surface area contributed by atoms with Crippen LogP contribution in [0.2, 0.25) is 0 Å². The third-order valence-electron chi connectivity index (χ3n) is 4.36. The van der Waals surface area contributed by atoms with Crippen molar-refractivity contribution in [3.63, 3.8) is 0 Å². The van der Waals surface area contributed by atoms with Crippen molar-refractivity contribution in [1.29, 1.82) is 0 Å². The molecular weight excluding hydrogens is 208 g/mol. The van der Waals surface area contributed by atoms with Gasteiger partial charge in [-0.3, -0.25) is 0 Å². The van der Waals surface area contributed by atoms with E-state index in [0.717, 1.165) is 12.5 Å². The number of likely N-dealkylation sites (tertiary alicyclic amines) is 1. The highest BCUT2D eigenvalue weighted by Gasteiger charge is 2.27. The molecule has 0 spiro atoms. The fraction of sp³-hybridized carbons (Fsp3) is 1.00. The third-order valence-corrected chi connectivity index (χ3v) is 4.36. The molecular formula is C15H32N2. The largest absolute Gasteiger partial charge is 0.330 e. The van der Waals surface area contributed by atoms with Gasteiger partial charge in [0.1, 0.15) is 0 Å². The molecule has 0 bridgehead atoms. The summed E-state index contributed by atoms with van der Waals surface area (Å²) in [5.41, 5.74) is 6.30. The predicted molar refractivity (Wildman–Crippen MR) is 76.1 cm³/mol. The van der Waals surface area contributed by atoms with Gasteiger partial charge in [-0.1, -0.05) is 40.0 Å². The summed E-state index contributed by atoms with van der Waals surface area (Å²) < 4.78 is 0. The maximum Gasteiger partial charge on any atom is 0.00474 e. The lowest BCUT2D eigenvalue weighted by Gasteiger charge is -2.38. The first kappa shape index (κ1) is 15.0. The molecule has 2 heteroatoms. The molecule has 2 N–H and O–H groups in total. The molecule has 0 aromatic rings. The Bertz CT molecular complexity index is 197. The Labute approximate surface area is 108 Å². The van der Waals surface area contributed by atoms with Crippen LogP contribution in [0.4, 0.5) is 0 Å². The normalized spacial score (nSPS) is 22.6. The van der Waals surface area contributed by atoms with Crippen molar-refractivity contribution in [2.24, 2.45) is 17.1 Å². The van der Waals surface area contributed by atoms with Crippen molar-refractivity contribution in [3.05, 3.63) is 0 Å². The van der Waals surface area contributed by atoms with E-state index in [9.17, 15) is 0 Å². The van der Waals surface area contributed by atoms with Crippen LogP contribution in [0.5, 0.6) is 0 Å². The Morgan fingerprint density at radius 1 is 1.18 bits per heavy atom. The molecule has 1 aliphatic rings. The summed E-state index contributed by atoms with van der Waals surface area (Å²) in [5, 5.41) is 0. The van der Waals surface area contributed by atoms with Gasteiger partial charge in [0.25, 0.3) is 0 Å². The average molecular weight is 240 g/mol. The smallest absolute Gasteiger partial charge is 0.00474 e. The molecule has 1 unspecified atom stereocenters. The molecule has 1 saturated heterocycles. The quantitative estimate of drug-likeness (QED) is 0.740. The van der Waals surface area contributed by atoms with Crippen LogP contribution < -0.4 is 5.73 Å². The van der Waals surface area contributed by atoms with E-state index in [4.69, 9.17) is 5.73 Å². The maximum atomic E-state index is 5.96. The lowest BCUT2D eigenvalue weighted by Crippen LogP contribution is -2.44. The van der Waals surface area contributed by atoms with Crippen molar-refractivity contribution in [3.8, 4) is 0 Å². The zero-order chi connectivity index (χ0) is 12.7. The van der Waals surface area contributed by atoms with E-state index in [2.05, 4.69) is 25.7 Å². The number of rotatable bonds is 7. The highest BCUT2D eigenvalue weighted by molar-refractivity contribution is 4.82. The summed E-state index contributed by atoms with van der Waals surface area (Å²) in [7, 11) is 0. The molecule has 1 rings (SSSR count). The Hall–Kier alpha value is -0.0800. The lowest BCUT2D eigenvalue weighted by molar-refractivity contribution is 0.114. The molecule has 1 atom stereocenters. The Morgan fingerprint density at radius 3 is 2.29 bits per heavy atom. The molecule has 0 aromatic carbocycles. The van der Waals surface area contributed by atoms with E-state index >= 15 is 0 Å². The summed E-state index contributed by atoms with van der Waals surface area (Å²) in [4.78, 5) is 2.65. The van der Waals surface area contributed by atoms with Crippen LogP contribution in [0.15, 0.2) is 0 Å². The van der Waals surface area contributed by atoms with Crippen LogP contribution in [0.25, 0.3) is 0 Å². The Balaban J connectivity index is 2.33. The summed E-state index contributed by atoms with van der Waals surface area (Å²) in [6, 6.07) is 0. The first-order valence-electron chi connectivity index (χ1n) is 7.56. The van der Waals surface area contributed by atoms with Gasteiger partial charge < -0.3 is 10.6 Å². The summed E-state index contributed by atoms with van der Waals surface area (Å²) >= 11 is 0. The van der Waals surface area contributed by atoms with E-state index in [1.807, 2.05) is 0 Å². The van der Waals surface area contributed by atoms with E-state index < -0.39 is 0 Å². The van der Waals surface area contributed by atoms with Crippen molar-refractivity contribution in [1.82, 2.24) is 4.90 Å². The second-order valence-corrected chi connectivity index (χ2v) is 6.27. The topological polar surface area (TPSA) is 29.3 Å². The van der Waals surface area contributed by atoms with Gasteiger partial charge in [0.05, 0.1) is 0 Å². The molecule has 0 aromatic heterocycles. The molecule has 17 heavy (non-hydrogen) atoms. The highest BCUT2D eigenvalue weighted by Crippen LogP contribution is 2.27. The number of nitrogens with zero attached hydrogens (tertiary/aromatic N) is 1. The molecule has 0 radical (unpaired) electrons. The molecule has 0 aliphatic carbocycles. The fourth-order valence-corrected chi connectivity index (χ4v) is 3.23. The van der Waals surface area contributed by atoms with Crippen molar-refractivity contribution in [2.45, 2.75) is 59.3 Å². The highest BCUT2D eigenvalue weighted by atomic mass is 15.1. The zero-order valence-electron chi connectivity index (χ0n) is 12.2. The van der Waals surface area contributed by atoms with Gasteiger partial charge in [0, 0.05) is 6.54 Å². The average Bonchev–Trinajstić information content (AvgIpc) is 2.32. The van der Waals surface area contributed by atoms with Crippen LogP contribution in [0.3, 0.4) is 0 Å². The summed E-state index contributed by atoms with van der Waals surface area (Å²) in [6.45, 7) is 11.6. The molecule has 102 valence electrons. The van der Waals surface area contributed by atoms with Gasteiger partial charge in [-0.25, -0.2) is 0 Å². The first-order chi connectivity index (χ1) is 8.13. The minimum absolute atomic E-state index is 0.340. The second kappa shape index (κ2) is 7.38. The fourth-order valence-electron chi connectivity index (χ4n) is 3.23. The lowest BCUT2D eigenvalue weighted by atomic mass is 9.83. The van der Waals surface area contributed by atoms with Crippen LogP contribution in [-0.2, 0) is 0 Å². The molecule has 0 amide bonds. The zero-order valence-corrected chi connectivity index (χ0v) is 12.2. The van der Waals surface area contributed by atoms with Crippen LogP contribution in [-0.4, -0.2) is 31.1 Å². The van der Waals surface area contributed by atoms with Crippen LogP contribution in [0, 0.1) is 11.3 Å². The Kier molecular flexibility index (Phi) is 6.50. The number of piperidine rings is 1. The van der Waals surface area contributed by atoms with Gasteiger partial charge >= 0.3 is 0 Å². The predicted octanol–water partition coefficient (Wildman–Crippen LogP) is 3.26. The third kappa shape index (κ3) is 4.97. The number of hydrogen-bond acceptors (Lipinski definition) is 2. The molecule has 2 nitrogen and oxygen atoms in total. The minimum atomic E-state index is 0.340. The van der Waals surface area contributed by atoms with Gasteiger partial charge in [-0.05, 0) is 50.2 Å². The first-order valence-corrected chi connectivity index (χ1v) is 7.56. The van der Waals surface area contributed by atoms with Gasteiger partial charge in [-0.15, -0.1) is 0 Å². The molecule has 1 aliphatic heterocycles. The van der Waals surface area contributed by atoms with E-state index in [0.29, 0.717) is 5.41 Å². The monoisotopic (exact) mass is 240 g/mol. The maximum absolute atomic E-state index is 5.96. The van der Waals surface area contributed by atoms with Gasteiger partial charge in [0.2, 0.25) is 0 Å². The molecule has 0 saturated carbocycles. The summed E-state index contributed by atoms with van der Waals surface area (Å²) in [5.74, 6) is 0.992. The number of nitrogens with two attached hydrogens (primary N) is 1. The van der Waals surface area contributed by atoms with E-state index in [1.54, 1.807) is 0 Å². The van der Waals surface area contributed by atoms with Crippen molar-refractivity contribution in [2.75, 3.05) is 26.2 Å². The van der Waals surface area contributed by atoms with Crippen molar-refractivity contribution < 1.29 is 0 Å². The minimum Gasteiger partial charge on any atom is -0.330 e. The van der Waals surface area contributed by atoms with E-state index in [-0.39, 0.29) is 0 Å². The standard InChI is InChI=1S/C15H32N2/c1-4-6-14-7-10-17(11-8-14)13-15(3,12-16)9-5-2/h14H,4-13,16H2,1-3H3. The Morgan fingerprint density at radius 2 is 1.82 bits per heavy atom. The SMILES string of the molecule is CCCC1CCN(CC(C)(CN)CCC)CC1. The second-order valence-electron chi connectivity index (χ2n) is 6.27. The van der Waals surface area contributed by atoms with Crippen molar-refractivity contribution >= 4 is 0 Å². The van der Waals surface area contributed by atoms with E-state index in [1.165, 1.54) is 58.2 Å². The van der Waals surface area contributed by atoms with Crippen LogP contribution in [0.1, 0.15) is 59.3 Å². The molecule has 1 fully saturated rings. The van der Waals surface area contributed by atoms with Gasteiger partial charge in [-0.2, -0.15) is 0 Å². The van der Waals surface area contributed by atoms with Gasteiger partial charge in [0.15, 0.2) is 0 Å². The van der Waals surface area contributed by atoms with Crippen LogP contribution >= 0.6 is 0 Å².